The van der Waals surface area contributed by atoms with Crippen LogP contribution in [0.3, 0.4) is 0 Å². The zero-order valence-electron chi connectivity index (χ0n) is 10.2. The summed E-state index contributed by atoms with van der Waals surface area (Å²) >= 11 is 4.76. The Kier molecular flexibility index (Phi) is 4.28. The molecule has 0 unspecified atom stereocenters. The van der Waals surface area contributed by atoms with Crippen molar-refractivity contribution in [1.29, 1.82) is 0 Å². The lowest BCUT2D eigenvalue weighted by Crippen LogP contribution is -2.43. The molecular formula is C12H14FN3O2S. The van der Waals surface area contributed by atoms with Gasteiger partial charge in [0, 0.05) is 18.7 Å². The van der Waals surface area contributed by atoms with Gasteiger partial charge in [0.2, 0.25) is 0 Å². The highest BCUT2D eigenvalue weighted by molar-refractivity contribution is 7.80. The molecule has 19 heavy (non-hydrogen) atoms. The molecule has 0 atom stereocenters. The standard InChI is InChI=1S/C12H14FN3O2S/c13-9-7-8(11(14)19)1-2-10(9)15-12(17)16-3-5-18-6-4-16/h1-2,7H,3-6H2,(H2,14,19)(H,15,17). The predicted octanol–water partition coefficient (Wildman–Crippen LogP) is 1.32. The number of hydrogen-bond donors (Lipinski definition) is 2. The summed E-state index contributed by atoms with van der Waals surface area (Å²) in [5, 5.41) is 2.52. The third kappa shape index (κ3) is 3.39. The van der Waals surface area contributed by atoms with E-state index in [1.54, 1.807) is 11.0 Å². The van der Waals surface area contributed by atoms with Gasteiger partial charge in [-0.15, -0.1) is 0 Å². The van der Waals surface area contributed by atoms with E-state index in [1.165, 1.54) is 12.1 Å². The number of nitrogens with zero attached hydrogens (tertiary/aromatic N) is 1. The van der Waals surface area contributed by atoms with E-state index in [4.69, 9.17) is 22.7 Å². The molecule has 0 aromatic heterocycles. The Balaban J connectivity index is 2.06. The summed E-state index contributed by atoms with van der Waals surface area (Å²) in [6, 6.07) is 3.88. The second-order valence-corrected chi connectivity index (χ2v) is 4.53. The molecule has 0 aliphatic carbocycles. The molecule has 0 radical (unpaired) electrons. The van der Waals surface area contributed by atoms with E-state index < -0.39 is 5.82 Å². The summed E-state index contributed by atoms with van der Waals surface area (Å²) < 4.78 is 18.9. The van der Waals surface area contributed by atoms with Gasteiger partial charge in [-0.3, -0.25) is 0 Å². The van der Waals surface area contributed by atoms with Gasteiger partial charge in [-0.05, 0) is 18.2 Å². The number of morpholine rings is 1. The average Bonchev–Trinajstić information content (AvgIpc) is 2.41. The first-order chi connectivity index (χ1) is 9.08. The van der Waals surface area contributed by atoms with Gasteiger partial charge < -0.3 is 20.7 Å². The predicted molar refractivity (Wildman–Crippen MR) is 73.7 cm³/mol. The summed E-state index contributed by atoms with van der Waals surface area (Å²) in [5.74, 6) is -0.563. The third-order valence-corrected chi connectivity index (χ3v) is 3.03. The van der Waals surface area contributed by atoms with Gasteiger partial charge in [-0.1, -0.05) is 12.2 Å². The van der Waals surface area contributed by atoms with Gasteiger partial charge in [-0.2, -0.15) is 0 Å². The second kappa shape index (κ2) is 5.94. The van der Waals surface area contributed by atoms with Crippen LogP contribution in [0.25, 0.3) is 0 Å². The lowest BCUT2D eigenvalue weighted by molar-refractivity contribution is 0.0564. The fourth-order valence-electron chi connectivity index (χ4n) is 1.73. The Hall–Kier alpha value is -1.73. The Labute approximate surface area is 115 Å². The number of amides is 2. The van der Waals surface area contributed by atoms with Crippen LogP contribution in [-0.4, -0.2) is 42.2 Å². The number of thiocarbonyl (C=S) groups is 1. The molecule has 2 amide bonds. The van der Waals surface area contributed by atoms with Gasteiger partial charge in [0.05, 0.1) is 18.9 Å². The van der Waals surface area contributed by atoms with Crippen molar-refractivity contribution < 1.29 is 13.9 Å². The van der Waals surface area contributed by atoms with Crippen LogP contribution >= 0.6 is 12.2 Å². The largest absolute Gasteiger partial charge is 0.389 e. The summed E-state index contributed by atoms with van der Waals surface area (Å²) in [5.41, 5.74) is 5.94. The number of anilines is 1. The minimum absolute atomic E-state index is 0.108. The lowest BCUT2D eigenvalue weighted by Gasteiger charge is -2.27. The van der Waals surface area contributed by atoms with Crippen LogP contribution in [0.1, 0.15) is 5.56 Å². The molecule has 1 fully saturated rings. The molecule has 1 heterocycles. The van der Waals surface area contributed by atoms with Gasteiger partial charge >= 0.3 is 6.03 Å². The number of hydrogen-bond acceptors (Lipinski definition) is 3. The lowest BCUT2D eigenvalue weighted by atomic mass is 10.2. The van der Waals surface area contributed by atoms with Gasteiger partial charge in [0.25, 0.3) is 0 Å². The van der Waals surface area contributed by atoms with Crippen molar-refractivity contribution in [3.8, 4) is 0 Å². The number of rotatable bonds is 2. The fourth-order valence-corrected chi connectivity index (χ4v) is 1.86. The molecule has 1 aliphatic heterocycles. The van der Waals surface area contributed by atoms with E-state index in [1.807, 2.05) is 0 Å². The molecule has 0 bridgehead atoms. The van der Waals surface area contributed by atoms with E-state index >= 15 is 0 Å². The molecule has 1 saturated heterocycles. The molecule has 102 valence electrons. The topological polar surface area (TPSA) is 67.6 Å². The molecule has 1 aromatic carbocycles. The van der Waals surface area contributed by atoms with Crippen molar-refractivity contribution in [2.45, 2.75) is 0 Å². The minimum Gasteiger partial charge on any atom is -0.389 e. The van der Waals surface area contributed by atoms with Crippen molar-refractivity contribution in [2.75, 3.05) is 31.6 Å². The quantitative estimate of drug-likeness (QED) is 0.803. The summed E-state index contributed by atoms with van der Waals surface area (Å²) in [4.78, 5) is 13.6. The summed E-state index contributed by atoms with van der Waals surface area (Å²) in [6.07, 6.45) is 0. The number of carbonyl (C=O) groups excluding carboxylic acids is 1. The van der Waals surface area contributed by atoms with E-state index in [-0.39, 0.29) is 16.7 Å². The normalized spacial score (nSPS) is 15.1. The molecule has 3 N–H and O–H groups in total. The Morgan fingerprint density at radius 1 is 1.42 bits per heavy atom. The van der Waals surface area contributed by atoms with Crippen LogP contribution in [0, 0.1) is 5.82 Å². The van der Waals surface area contributed by atoms with Crippen molar-refractivity contribution in [1.82, 2.24) is 4.90 Å². The van der Waals surface area contributed by atoms with E-state index in [0.717, 1.165) is 0 Å². The summed E-state index contributed by atoms with van der Waals surface area (Å²) in [7, 11) is 0. The second-order valence-electron chi connectivity index (χ2n) is 4.09. The van der Waals surface area contributed by atoms with Crippen molar-refractivity contribution in [2.24, 2.45) is 5.73 Å². The number of carbonyl (C=O) groups is 1. The molecular weight excluding hydrogens is 269 g/mol. The number of halogens is 1. The minimum atomic E-state index is -0.563. The van der Waals surface area contributed by atoms with E-state index in [9.17, 15) is 9.18 Å². The number of nitrogens with two attached hydrogens (primary N) is 1. The molecule has 5 nitrogen and oxygen atoms in total. The van der Waals surface area contributed by atoms with Crippen LogP contribution in [0.15, 0.2) is 18.2 Å². The molecule has 7 heteroatoms. The Bertz CT molecular complexity index is 504. The zero-order chi connectivity index (χ0) is 13.8. The van der Waals surface area contributed by atoms with Gasteiger partial charge in [0.15, 0.2) is 0 Å². The van der Waals surface area contributed by atoms with Crippen molar-refractivity contribution >= 4 is 28.9 Å². The van der Waals surface area contributed by atoms with Gasteiger partial charge in [-0.25, -0.2) is 9.18 Å². The number of ether oxygens (including phenoxy) is 1. The number of benzene rings is 1. The van der Waals surface area contributed by atoms with Crippen LogP contribution in [0.4, 0.5) is 14.9 Å². The third-order valence-electron chi connectivity index (χ3n) is 2.79. The molecule has 0 spiro atoms. The SMILES string of the molecule is NC(=S)c1ccc(NC(=O)N2CCOCC2)c(F)c1. The maximum absolute atomic E-state index is 13.8. The van der Waals surface area contributed by atoms with Crippen LogP contribution < -0.4 is 11.1 Å². The number of urea groups is 1. The summed E-state index contributed by atoms with van der Waals surface area (Å²) in [6.45, 7) is 1.99. The number of nitrogens with one attached hydrogen (secondary N) is 1. The van der Waals surface area contributed by atoms with Crippen molar-refractivity contribution in [3.63, 3.8) is 0 Å². The first-order valence-electron chi connectivity index (χ1n) is 5.81. The monoisotopic (exact) mass is 283 g/mol. The highest BCUT2D eigenvalue weighted by atomic mass is 32.1. The highest BCUT2D eigenvalue weighted by Gasteiger charge is 2.18. The fraction of sp³-hybridized carbons (Fsp3) is 0.333. The molecule has 2 rings (SSSR count). The molecule has 0 saturated carbocycles. The van der Waals surface area contributed by atoms with E-state index in [0.29, 0.717) is 31.9 Å². The highest BCUT2D eigenvalue weighted by Crippen LogP contribution is 2.16. The molecule has 1 aliphatic rings. The molecule has 1 aromatic rings. The van der Waals surface area contributed by atoms with Crippen LogP contribution in [0.5, 0.6) is 0 Å². The average molecular weight is 283 g/mol. The first-order valence-corrected chi connectivity index (χ1v) is 6.22. The maximum atomic E-state index is 13.8. The van der Waals surface area contributed by atoms with Crippen LogP contribution in [-0.2, 0) is 4.74 Å². The zero-order valence-corrected chi connectivity index (χ0v) is 11.0. The smallest absolute Gasteiger partial charge is 0.322 e. The first kappa shape index (κ1) is 13.7. The van der Waals surface area contributed by atoms with Crippen molar-refractivity contribution in [3.05, 3.63) is 29.6 Å². The van der Waals surface area contributed by atoms with Crippen LogP contribution in [0.2, 0.25) is 0 Å². The Morgan fingerprint density at radius 3 is 2.68 bits per heavy atom. The van der Waals surface area contributed by atoms with Gasteiger partial charge in [0.1, 0.15) is 10.8 Å². The van der Waals surface area contributed by atoms with E-state index in [2.05, 4.69) is 5.32 Å². The Morgan fingerprint density at radius 2 is 2.11 bits per heavy atom. The maximum Gasteiger partial charge on any atom is 0.322 e.